The van der Waals surface area contributed by atoms with Crippen LogP contribution in [0.3, 0.4) is 0 Å². The number of rotatable bonds is 3. The summed E-state index contributed by atoms with van der Waals surface area (Å²) in [7, 11) is 0. The SMILES string of the molecule is NC1=N[C@](N)(c2cc(NC(=O)c3ccc(Cl)cn3)ccc2F)[C@H]2C[C@H]2NO1. The maximum absolute atomic E-state index is 14.6. The van der Waals surface area contributed by atoms with Crippen molar-refractivity contribution < 1.29 is 14.0 Å². The van der Waals surface area contributed by atoms with E-state index in [9.17, 15) is 9.18 Å². The van der Waals surface area contributed by atoms with E-state index in [0.717, 1.165) is 0 Å². The zero-order valence-corrected chi connectivity index (χ0v) is 14.7. The highest BCUT2D eigenvalue weighted by atomic mass is 35.5. The molecule has 140 valence electrons. The first kappa shape index (κ1) is 17.7. The van der Waals surface area contributed by atoms with Crippen LogP contribution in [0.2, 0.25) is 5.02 Å². The van der Waals surface area contributed by atoms with Gasteiger partial charge in [0.15, 0.2) is 0 Å². The molecule has 0 spiro atoms. The number of amides is 1. The third kappa shape index (κ3) is 3.32. The van der Waals surface area contributed by atoms with Crippen molar-refractivity contribution in [2.75, 3.05) is 5.32 Å². The molecule has 0 bridgehead atoms. The number of carbonyl (C=O) groups is 1. The van der Waals surface area contributed by atoms with Crippen LogP contribution in [0.1, 0.15) is 22.5 Å². The van der Waals surface area contributed by atoms with Gasteiger partial charge < -0.3 is 21.6 Å². The lowest BCUT2D eigenvalue weighted by molar-refractivity contribution is 0.102. The molecule has 1 amide bonds. The Bertz CT molecular complexity index is 938. The van der Waals surface area contributed by atoms with Crippen LogP contribution >= 0.6 is 11.6 Å². The summed E-state index contributed by atoms with van der Waals surface area (Å²) in [5, 5.41) is 3.08. The van der Waals surface area contributed by atoms with Gasteiger partial charge in [-0.15, -0.1) is 5.48 Å². The molecule has 2 heterocycles. The van der Waals surface area contributed by atoms with Gasteiger partial charge in [0.1, 0.15) is 17.2 Å². The average molecular weight is 391 g/mol. The van der Waals surface area contributed by atoms with Crippen molar-refractivity contribution in [2.24, 2.45) is 22.4 Å². The molecule has 1 aliphatic carbocycles. The van der Waals surface area contributed by atoms with Gasteiger partial charge in [0.25, 0.3) is 5.91 Å². The molecule has 0 unspecified atom stereocenters. The summed E-state index contributed by atoms with van der Waals surface area (Å²) in [6, 6.07) is 6.88. The van der Waals surface area contributed by atoms with E-state index in [-0.39, 0.29) is 29.2 Å². The van der Waals surface area contributed by atoms with Gasteiger partial charge in [0.05, 0.1) is 11.1 Å². The number of hydroxylamine groups is 1. The minimum atomic E-state index is -1.40. The zero-order valence-electron chi connectivity index (χ0n) is 13.9. The monoisotopic (exact) mass is 390 g/mol. The largest absolute Gasteiger partial charge is 0.371 e. The molecule has 1 aromatic carbocycles. The van der Waals surface area contributed by atoms with Crippen molar-refractivity contribution in [1.82, 2.24) is 10.5 Å². The van der Waals surface area contributed by atoms with E-state index in [1.807, 2.05) is 0 Å². The topological polar surface area (TPSA) is 128 Å². The molecule has 10 heteroatoms. The summed E-state index contributed by atoms with van der Waals surface area (Å²) < 4.78 is 14.6. The molecule has 3 atom stereocenters. The standard InChI is InChI=1S/C17H16ClFN6O2/c18-8-1-4-13(22-7-8)15(26)23-9-2-3-12(19)10(5-9)17(21)11-6-14(11)25-27-16(20)24-17/h1-5,7,11,14,25H,6,21H2,(H2,20,24)(H,23,26)/t11-,14+,17+/m0/s1. The summed E-state index contributed by atoms with van der Waals surface area (Å²) in [5.41, 5.74) is 14.1. The van der Waals surface area contributed by atoms with Gasteiger partial charge in [-0.3, -0.25) is 4.79 Å². The number of benzene rings is 1. The first-order valence-electron chi connectivity index (χ1n) is 8.16. The van der Waals surface area contributed by atoms with E-state index in [2.05, 4.69) is 20.8 Å². The molecule has 0 saturated heterocycles. The molecular weight excluding hydrogens is 375 g/mol. The number of pyridine rings is 1. The second-order valence-electron chi connectivity index (χ2n) is 6.45. The zero-order chi connectivity index (χ0) is 19.2. The van der Waals surface area contributed by atoms with Crippen molar-refractivity contribution in [3.8, 4) is 0 Å². The molecule has 1 saturated carbocycles. The number of hydrogen-bond acceptors (Lipinski definition) is 7. The first-order chi connectivity index (χ1) is 12.9. The van der Waals surface area contributed by atoms with Gasteiger partial charge in [-0.1, -0.05) is 11.6 Å². The fraction of sp³-hybridized carbons (Fsp3) is 0.235. The predicted molar refractivity (Wildman–Crippen MR) is 97.2 cm³/mol. The molecule has 2 aromatic rings. The van der Waals surface area contributed by atoms with Gasteiger partial charge in [-0.2, -0.15) is 0 Å². The van der Waals surface area contributed by atoms with Crippen molar-refractivity contribution in [2.45, 2.75) is 18.1 Å². The van der Waals surface area contributed by atoms with Crippen LogP contribution in [0.5, 0.6) is 0 Å². The molecule has 8 nitrogen and oxygen atoms in total. The Balaban J connectivity index is 1.65. The third-order valence-electron chi connectivity index (χ3n) is 4.58. The number of aliphatic imine (C=N–C) groups is 1. The minimum Gasteiger partial charge on any atom is -0.371 e. The van der Waals surface area contributed by atoms with Crippen molar-refractivity contribution in [3.05, 3.63) is 58.6 Å². The maximum Gasteiger partial charge on any atom is 0.304 e. The van der Waals surface area contributed by atoms with E-state index in [1.165, 1.54) is 30.5 Å². The van der Waals surface area contributed by atoms with Crippen molar-refractivity contribution in [3.63, 3.8) is 0 Å². The second-order valence-corrected chi connectivity index (χ2v) is 6.89. The van der Waals surface area contributed by atoms with E-state index >= 15 is 0 Å². The van der Waals surface area contributed by atoms with Gasteiger partial charge in [0.2, 0.25) is 0 Å². The number of halogens is 2. The van der Waals surface area contributed by atoms with Crippen LogP contribution < -0.4 is 22.3 Å². The average Bonchev–Trinajstić information content (AvgIpc) is 3.43. The van der Waals surface area contributed by atoms with Crippen LogP contribution in [-0.4, -0.2) is 23.0 Å². The summed E-state index contributed by atoms with van der Waals surface area (Å²) >= 11 is 5.77. The third-order valence-corrected chi connectivity index (χ3v) is 4.81. The highest BCUT2D eigenvalue weighted by Crippen LogP contribution is 2.47. The molecule has 2 aliphatic rings. The Labute approximate surface area is 158 Å². The van der Waals surface area contributed by atoms with Gasteiger partial charge in [-0.25, -0.2) is 14.4 Å². The van der Waals surface area contributed by atoms with E-state index in [0.29, 0.717) is 17.1 Å². The smallest absolute Gasteiger partial charge is 0.304 e. The number of nitrogens with one attached hydrogen (secondary N) is 2. The minimum absolute atomic E-state index is 0.0734. The Hall–Kier alpha value is -2.75. The van der Waals surface area contributed by atoms with Crippen LogP contribution in [0.4, 0.5) is 10.1 Å². The fourth-order valence-electron chi connectivity index (χ4n) is 3.11. The highest BCUT2D eigenvalue weighted by molar-refractivity contribution is 6.30. The normalized spacial score (nSPS) is 26.3. The number of fused-ring (bicyclic) bond motifs is 1. The summed E-state index contributed by atoms with van der Waals surface area (Å²) in [5.74, 6) is -1.20. The Morgan fingerprint density at radius 2 is 2.22 bits per heavy atom. The lowest BCUT2D eigenvalue weighted by Gasteiger charge is -2.26. The first-order valence-corrected chi connectivity index (χ1v) is 8.54. The number of anilines is 1. The summed E-state index contributed by atoms with van der Waals surface area (Å²) in [6.45, 7) is 0. The lowest BCUT2D eigenvalue weighted by Crippen LogP contribution is -2.40. The van der Waals surface area contributed by atoms with Gasteiger partial charge in [-0.05, 0) is 36.8 Å². The molecule has 27 heavy (non-hydrogen) atoms. The molecule has 1 aromatic heterocycles. The predicted octanol–water partition coefficient (Wildman–Crippen LogP) is 1.48. The summed E-state index contributed by atoms with van der Waals surface area (Å²) in [4.78, 5) is 25.5. The number of hydrogen-bond donors (Lipinski definition) is 4. The van der Waals surface area contributed by atoms with Crippen LogP contribution in [0, 0.1) is 11.7 Å². The molecule has 0 radical (unpaired) electrons. The number of carbonyl (C=O) groups excluding carboxylic acids is 1. The van der Waals surface area contributed by atoms with E-state index in [4.69, 9.17) is 27.9 Å². The lowest BCUT2D eigenvalue weighted by atomic mass is 9.94. The maximum atomic E-state index is 14.6. The van der Waals surface area contributed by atoms with Crippen LogP contribution in [0.15, 0.2) is 41.5 Å². The molecule has 1 aliphatic heterocycles. The number of amidine groups is 1. The Morgan fingerprint density at radius 3 is 2.96 bits per heavy atom. The highest BCUT2D eigenvalue weighted by Gasteiger charge is 2.55. The van der Waals surface area contributed by atoms with Crippen molar-refractivity contribution in [1.29, 1.82) is 0 Å². The Morgan fingerprint density at radius 1 is 1.41 bits per heavy atom. The van der Waals surface area contributed by atoms with Crippen molar-refractivity contribution >= 4 is 29.2 Å². The van der Waals surface area contributed by atoms with Gasteiger partial charge >= 0.3 is 6.02 Å². The van der Waals surface area contributed by atoms with Crippen LogP contribution in [0.25, 0.3) is 0 Å². The van der Waals surface area contributed by atoms with E-state index in [1.54, 1.807) is 6.07 Å². The van der Waals surface area contributed by atoms with Crippen LogP contribution in [-0.2, 0) is 10.5 Å². The number of aromatic nitrogens is 1. The summed E-state index contributed by atoms with van der Waals surface area (Å²) in [6.07, 6.45) is 2.03. The molecular formula is C17H16ClFN6O2. The fourth-order valence-corrected chi connectivity index (χ4v) is 3.22. The number of nitrogens with zero attached hydrogens (tertiary/aromatic N) is 2. The second kappa shape index (κ2) is 6.45. The molecule has 1 fully saturated rings. The van der Waals surface area contributed by atoms with Gasteiger partial charge in [0, 0.05) is 23.4 Å². The molecule has 4 rings (SSSR count). The Kier molecular flexibility index (Phi) is 4.22. The quantitative estimate of drug-likeness (QED) is 0.628. The molecule has 6 N–H and O–H groups in total. The van der Waals surface area contributed by atoms with E-state index < -0.39 is 17.4 Å². The number of nitrogens with two attached hydrogens (primary N) is 2.